The fourth-order valence-corrected chi connectivity index (χ4v) is 3.76. The molecule has 0 saturated heterocycles. The van der Waals surface area contributed by atoms with Crippen molar-refractivity contribution in [1.82, 2.24) is 4.57 Å². The van der Waals surface area contributed by atoms with Crippen LogP contribution < -0.4 is 5.73 Å². The zero-order valence-corrected chi connectivity index (χ0v) is 15.0. The zero-order valence-electron chi connectivity index (χ0n) is 11.2. The van der Waals surface area contributed by atoms with Crippen molar-refractivity contribution in [2.75, 3.05) is 12.8 Å². The van der Waals surface area contributed by atoms with Crippen LogP contribution in [0, 0.1) is 26.2 Å². The van der Waals surface area contributed by atoms with Crippen molar-refractivity contribution >= 4 is 50.2 Å². The third-order valence-corrected chi connectivity index (χ3v) is 4.21. The molecular formula is C14H8BrIN4O2. The van der Waals surface area contributed by atoms with Crippen molar-refractivity contribution in [3.63, 3.8) is 0 Å². The molecule has 0 aliphatic rings. The number of ether oxygens (including phenoxy) is 1. The number of hydrogen-bond acceptors (Lipinski definition) is 5. The summed E-state index contributed by atoms with van der Waals surface area (Å²) in [4.78, 5) is 12.0. The minimum atomic E-state index is -0.679. The van der Waals surface area contributed by atoms with E-state index in [-0.39, 0.29) is 16.9 Å². The van der Waals surface area contributed by atoms with Crippen LogP contribution in [0.2, 0.25) is 0 Å². The number of anilines is 1. The number of halogens is 2. The first-order valence-corrected chi connectivity index (χ1v) is 7.70. The molecule has 0 fully saturated rings. The molecule has 0 amide bonds. The predicted octanol–water partition coefficient (Wildman–Crippen LogP) is 2.96. The third kappa shape index (κ3) is 2.67. The van der Waals surface area contributed by atoms with E-state index < -0.39 is 5.97 Å². The van der Waals surface area contributed by atoms with Gasteiger partial charge in [-0.25, -0.2) is 4.79 Å². The quantitative estimate of drug-likeness (QED) is 0.536. The van der Waals surface area contributed by atoms with Gasteiger partial charge in [0, 0.05) is 14.2 Å². The Morgan fingerprint density at radius 1 is 1.36 bits per heavy atom. The molecule has 0 spiro atoms. The van der Waals surface area contributed by atoms with Crippen LogP contribution in [0.25, 0.3) is 5.69 Å². The van der Waals surface area contributed by atoms with E-state index in [1.165, 1.54) is 17.9 Å². The number of carbonyl (C=O) groups is 1. The van der Waals surface area contributed by atoms with Gasteiger partial charge in [-0.15, -0.1) is 0 Å². The van der Waals surface area contributed by atoms with E-state index in [0.29, 0.717) is 14.8 Å². The molecule has 0 atom stereocenters. The largest absolute Gasteiger partial charge is 0.464 e. The second kappa shape index (κ2) is 6.38. The van der Waals surface area contributed by atoms with Gasteiger partial charge in [0.1, 0.15) is 12.1 Å². The highest BCUT2D eigenvalue weighted by atomic mass is 127. The first-order chi connectivity index (χ1) is 10.4. The molecule has 0 radical (unpaired) electrons. The SMILES string of the molecule is COC(=O)c1c(N)c(C#N)cn1-c1c(I)cc(Br)cc1C#N. The number of nitrogens with two attached hydrogens (primary N) is 1. The van der Waals surface area contributed by atoms with Crippen LogP contribution in [0.5, 0.6) is 0 Å². The number of nitrogens with zero attached hydrogens (tertiary/aromatic N) is 3. The molecule has 1 heterocycles. The van der Waals surface area contributed by atoms with Crippen LogP contribution in [0.15, 0.2) is 22.8 Å². The van der Waals surface area contributed by atoms with Gasteiger partial charge in [0.05, 0.1) is 29.6 Å². The Morgan fingerprint density at radius 2 is 2.00 bits per heavy atom. The van der Waals surface area contributed by atoms with Crippen molar-refractivity contribution < 1.29 is 9.53 Å². The lowest BCUT2D eigenvalue weighted by Crippen LogP contribution is -2.12. The number of nitrogen functional groups attached to an aromatic ring is 1. The van der Waals surface area contributed by atoms with Crippen molar-refractivity contribution in [1.29, 1.82) is 10.5 Å². The van der Waals surface area contributed by atoms with Gasteiger partial charge in [-0.1, -0.05) is 15.9 Å². The molecule has 0 unspecified atom stereocenters. The Hall–Kier alpha value is -2.04. The Labute approximate surface area is 148 Å². The molecule has 0 aliphatic heterocycles. The monoisotopic (exact) mass is 470 g/mol. The lowest BCUT2D eigenvalue weighted by atomic mass is 10.2. The minimum absolute atomic E-state index is 0.0239. The average Bonchev–Trinajstić information content (AvgIpc) is 2.81. The number of nitriles is 2. The molecule has 8 heteroatoms. The average molecular weight is 471 g/mol. The summed E-state index contributed by atoms with van der Waals surface area (Å²) in [6, 6.07) is 7.42. The number of carbonyl (C=O) groups excluding carboxylic acids is 1. The maximum atomic E-state index is 12.0. The summed E-state index contributed by atoms with van der Waals surface area (Å²) in [7, 11) is 1.23. The Bertz CT molecular complexity index is 861. The molecule has 2 N–H and O–H groups in total. The predicted molar refractivity (Wildman–Crippen MR) is 91.4 cm³/mol. The minimum Gasteiger partial charge on any atom is -0.464 e. The topological polar surface area (TPSA) is 105 Å². The van der Waals surface area contributed by atoms with E-state index in [1.807, 2.05) is 28.7 Å². The maximum Gasteiger partial charge on any atom is 0.357 e. The normalized spacial score (nSPS) is 9.86. The second-order valence-electron chi connectivity index (χ2n) is 4.17. The fourth-order valence-electron chi connectivity index (χ4n) is 1.99. The number of benzene rings is 1. The highest BCUT2D eigenvalue weighted by molar-refractivity contribution is 14.1. The lowest BCUT2D eigenvalue weighted by Gasteiger charge is -2.12. The third-order valence-electron chi connectivity index (χ3n) is 2.93. The van der Waals surface area contributed by atoms with E-state index in [2.05, 4.69) is 22.0 Å². The Balaban J connectivity index is 2.88. The zero-order chi connectivity index (χ0) is 16.4. The fraction of sp³-hybridized carbons (Fsp3) is 0.0714. The second-order valence-corrected chi connectivity index (χ2v) is 6.25. The number of esters is 1. The standard InChI is InChI=1S/C14H8BrIN4O2/c1-22-14(21)13-11(19)8(5-18)6-20(13)12-7(4-17)2-9(15)3-10(12)16/h2-3,6H,19H2,1H3. The molecular weight excluding hydrogens is 463 g/mol. The summed E-state index contributed by atoms with van der Waals surface area (Å²) >= 11 is 5.37. The molecule has 0 aliphatic carbocycles. The van der Waals surface area contributed by atoms with Gasteiger partial charge in [-0.3, -0.25) is 0 Å². The highest BCUT2D eigenvalue weighted by Gasteiger charge is 2.24. The molecule has 6 nitrogen and oxygen atoms in total. The van der Waals surface area contributed by atoms with E-state index in [0.717, 1.165) is 4.47 Å². The molecule has 22 heavy (non-hydrogen) atoms. The first kappa shape index (κ1) is 16.3. The van der Waals surface area contributed by atoms with Gasteiger partial charge in [0.15, 0.2) is 5.69 Å². The van der Waals surface area contributed by atoms with Crippen LogP contribution >= 0.6 is 38.5 Å². The molecule has 0 saturated carbocycles. The maximum absolute atomic E-state index is 12.0. The van der Waals surface area contributed by atoms with E-state index in [9.17, 15) is 10.1 Å². The lowest BCUT2D eigenvalue weighted by molar-refractivity contribution is 0.0593. The van der Waals surface area contributed by atoms with Gasteiger partial charge < -0.3 is 15.0 Å². The smallest absolute Gasteiger partial charge is 0.357 e. The van der Waals surface area contributed by atoms with E-state index >= 15 is 0 Å². The van der Waals surface area contributed by atoms with Crippen molar-refractivity contribution in [3.8, 4) is 17.8 Å². The Kier molecular flexibility index (Phi) is 4.74. The van der Waals surface area contributed by atoms with Crippen molar-refractivity contribution in [3.05, 3.63) is 43.2 Å². The number of methoxy groups -OCH3 is 1. The molecule has 2 aromatic rings. The van der Waals surface area contributed by atoms with Crippen LogP contribution in [0.4, 0.5) is 5.69 Å². The van der Waals surface area contributed by atoms with Crippen LogP contribution in [0.3, 0.4) is 0 Å². The summed E-state index contributed by atoms with van der Waals surface area (Å²) in [5.74, 6) is -0.679. The number of hydrogen-bond donors (Lipinski definition) is 1. The van der Waals surface area contributed by atoms with Crippen molar-refractivity contribution in [2.24, 2.45) is 0 Å². The van der Waals surface area contributed by atoms with Gasteiger partial charge in [0.2, 0.25) is 0 Å². The van der Waals surface area contributed by atoms with Gasteiger partial charge in [0.25, 0.3) is 0 Å². The van der Waals surface area contributed by atoms with Gasteiger partial charge in [-0.2, -0.15) is 10.5 Å². The van der Waals surface area contributed by atoms with E-state index in [1.54, 1.807) is 12.1 Å². The molecule has 1 aromatic heterocycles. The number of aromatic nitrogens is 1. The first-order valence-electron chi connectivity index (χ1n) is 5.83. The molecule has 0 bridgehead atoms. The summed E-state index contributed by atoms with van der Waals surface area (Å²) in [6.45, 7) is 0. The van der Waals surface area contributed by atoms with Crippen molar-refractivity contribution in [2.45, 2.75) is 0 Å². The summed E-state index contributed by atoms with van der Waals surface area (Å²) in [5.41, 5.74) is 6.86. The molecule has 110 valence electrons. The summed E-state index contributed by atoms with van der Waals surface area (Å²) < 4.78 is 7.60. The van der Waals surface area contributed by atoms with Crippen LogP contribution in [0.1, 0.15) is 21.6 Å². The Morgan fingerprint density at radius 3 is 2.55 bits per heavy atom. The van der Waals surface area contributed by atoms with Crippen LogP contribution in [-0.2, 0) is 4.74 Å². The van der Waals surface area contributed by atoms with Gasteiger partial charge >= 0.3 is 5.97 Å². The van der Waals surface area contributed by atoms with Gasteiger partial charge in [-0.05, 0) is 34.7 Å². The highest BCUT2D eigenvalue weighted by Crippen LogP contribution is 2.31. The summed E-state index contributed by atoms with van der Waals surface area (Å²) in [5, 5.41) is 18.5. The van der Waals surface area contributed by atoms with Crippen LogP contribution in [-0.4, -0.2) is 17.6 Å². The summed E-state index contributed by atoms with van der Waals surface area (Å²) in [6.07, 6.45) is 1.42. The number of rotatable bonds is 2. The van der Waals surface area contributed by atoms with E-state index in [4.69, 9.17) is 15.7 Å². The molecule has 2 rings (SSSR count). The molecule has 1 aromatic carbocycles.